The van der Waals surface area contributed by atoms with Crippen molar-refractivity contribution in [3.05, 3.63) is 41.3 Å². The normalized spacial score (nSPS) is 18.0. The lowest BCUT2D eigenvalue weighted by molar-refractivity contribution is -0.119. The first-order valence-electron chi connectivity index (χ1n) is 8.78. The molecule has 3 rings (SSSR count). The number of ether oxygens (including phenoxy) is 1. The minimum absolute atomic E-state index is 0.0429. The van der Waals surface area contributed by atoms with Crippen LogP contribution in [0, 0.1) is 13.8 Å². The van der Waals surface area contributed by atoms with E-state index in [1.165, 1.54) is 0 Å². The molecule has 7 heteroatoms. The third-order valence-corrected chi connectivity index (χ3v) is 5.48. The topological polar surface area (TPSA) is 81.4 Å². The zero-order chi connectivity index (χ0) is 18.5. The Hall–Kier alpha value is -1.99. The summed E-state index contributed by atoms with van der Waals surface area (Å²) in [5.41, 5.74) is 2.64. The molecule has 0 spiro atoms. The first-order chi connectivity index (χ1) is 12.5. The van der Waals surface area contributed by atoms with Gasteiger partial charge in [0, 0.05) is 29.5 Å². The van der Waals surface area contributed by atoms with Crippen LogP contribution < -0.4 is 5.32 Å². The average Bonchev–Trinajstić information content (AvgIpc) is 3.23. The quantitative estimate of drug-likeness (QED) is 0.803. The summed E-state index contributed by atoms with van der Waals surface area (Å²) >= 11 is 0. The van der Waals surface area contributed by atoms with Gasteiger partial charge in [0.05, 0.1) is 17.6 Å². The first kappa shape index (κ1) is 18.8. The van der Waals surface area contributed by atoms with E-state index in [0.717, 1.165) is 30.6 Å². The predicted octanol–water partition coefficient (Wildman–Crippen LogP) is 2.50. The Bertz CT molecular complexity index is 797. The summed E-state index contributed by atoms with van der Waals surface area (Å²) in [5.74, 6) is 1.09. The molecule has 1 amide bonds. The lowest BCUT2D eigenvalue weighted by Gasteiger charge is -2.10. The van der Waals surface area contributed by atoms with Crippen LogP contribution >= 0.6 is 0 Å². The average molecular weight is 376 g/mol. The first-order valence-corrected chi connectivity index (χ1v) is 10.3. The fourth-order valence-corrected chi connectivity index (χ4v) is 3.97. The van der Waals surface area contributed by atoms with E-state index in [-0.39, 0.29) is 23.5 Å². The lowest BCUT2D eigenvalue weighted by Crippen LogP contribution is -2.34. The Labute approximate surface area is 155 Å². The van der Waals surface area contributed by atoms with Crippen molar-refractivity contribution in [3.8, 4) is 11.5 Å². The third kappa shape index (κ3) is 5.02. The van der Waals surface area contributed by atoms with Crippen LogP contribution in [-0.2, 0) is 26.1 Å². The second-order valence-corrected chi connectivity index (χ2v) is 8.02. The van der Waals surface area contributed by atoms with Gasteiger partial charge in [0.2, 0.25) is 11.8 Å². The molecule has 0 radical (unpaired) electrons. The number of benzene rings is 1. The van der Waals surface area contributed by atoms with Crippen molar-refractivity contribution in [3.63, 3.8) is 0 Å². The summed E-state index contributed by atoms with van der Waals surface area (Å²) in [6.45, 7) is 5.04. The standard InChI is InChI=1S/C19H24N2O4S/c1-13-5-3-6-15(9-13)19-21-17(14(2)25-19)11-26(23)12-18(22)20-10-16-7-4-8-24-16/h3,5-6,9,16H,4,7-8,10-12H2,1-2H3,(H,20,22)/t16-,26+/m1/s1. The molecule has 1 aromatic heterocycles. The van der Waals surface area contributed by atoms with Crippen molar-refractivity contribution in [1.29, 1.82) is 0 Å². The van der Waals surface area contributed by atoms with Crippen LogP contribution in [0.25, 0.3) is 11.5 Å². The van der Waals surface area contributed by atoms with E-state index < -0.39 is 10.8 Å². The SMILES string of the molecule is Cc1cccc(-c2nc(C[S@](=O)CC(=O)NC[C@H]3CCCO3)c(C)o2)c1. The Morgan fingerprint density at radius 3 is 2.96 bits per heavy atom. The number of nitrogens with zero attached hydrogens (tertiary/aromatic N) is 1. The van der Waals surface area contributed by atoms with E-state index in [2.05, 4.69) is 10.3 Å². The maximum absolute atomic E-state index is 12.3. The molecule has 0 aliphatic carbocycles. The lowest BCUT2D eigenvalue weighted by atomic mass is 10.1. The molecule has 0 bridgehead atoms. The van der Waals surface area contributed by atoms with Gasteiger partial charge in [-0.2, -0.15) is 0 Å². The number of aryl methyl sites for hydroxylation is 2. The number of amides is 1. The highest BCUT2D eigenvalue weighted by atomic mass is 32.2. The van der Waals surface area contributed by atoms with E-state index in [1.54, 1.807) is 6.92 Å². The van der Waals surface area contributed by atoms with Gasteiger partial charge in [-0.1, -0.05) is 17.7 Å². The largest absolute Gasteiger partial charge is 0.441 e. The summed E-state index contributed by atoms with van der Waals surface area (Å²) in [7, 11) is -1.34. The van der Waals surface area contributed by atoms with Gasteiger partial charge in [0.1, 0.15) is 11.5 Å². The zero-order valence-electron chi connectivity index (χ0n) is 15.1. The number of oxazole rings is 1. The highest BCUT2D eigenvalue weighted by Crippen LogP contribution is 2.23. The number of nitrogens with one attached hydrogen (secondary N) is 1. The molecule has 1 aromatic carbocycles. The highest BCUT2D eigenvalue weighted by Gasteiger charge is 2.18. The van der Waals surface area contributed by atoms with Gasteiger partial charge in [-0.15, -0.1) is 0 Å². The van der Waals surface area contributed by atoms with Crippen LogP contribution in [0.15, 0.2) is 28.7 Å². The third-order valence-electron chi connectivity index (χ3n) is 4.30. The van der Waals surface area contributed by atoms with Gasteiger partial charge in [-0.3, -0.25) is 9.00 Å². The van der Waals surface area contributed by atoms with E-state index in [9.17, 15) is 9.00 Å². The fourth-order valence-electron chi connectivity index (χ4n) is 2.90. The molecule has 2 atom stereocenters. The molecule has 2 aromatic rings. The Morgan fingerprint density at radius 2 is 2.23 bits per heavy atom. The van der Waals surface area contributed by atoms with E-state index >= 15 is 0 Å². The fraction of sp³-hybridized carbons (Fsp3) is 0.474. The van der Waals surface area contributed by atoms with Crippen molar-refractivity contribution < 1.29 is 18.2 Å². The Morgan fingerprint density at radius 1 is 1.38 bits per heavy atom. The molecule has 1 saturated heterocycles. The van der Waals surface area contributed by atoms with Crippen LogP contribution in [0.2, 0.25) is 0 Å². The van der Waals surface area contributed by atoms with E-state index in [1.807, 2.05) is 31.2 Å². The molecule has 1 fully saturated rings. The molecule has 1 aliphatic heterocycles. The molecular formula is C19H24N2O4S. The smallest absolute Gasteiger partial charge is 0.232 e. The minimum atomic E-state index is -1.34. The van der Waals surface area contributed by atoms with Gasteiger partial charge in [0.25, 0.3) is 0 Å². The molecular weight excluding hydrogens is 352 g/mol. The van der Waals surface area contributed by atoms with Crippen molar-refractivity contribution in [2.45, 2.75) is 38.5 Å². The van der Waals surface area contributed by atoms with Crippen LogP contribution in [0.5, 0.6) is 0 Å². The molecule has 6 nitrogen and oxygen atoms in total. The summed E-state index contributed by atoms with van der Waals surface area (Å²) in [6.07, 6.45) is 2.08. The van der Waals surface area contributed by atoms with E-state index in [0.29, 0.717) is 23.9 Å². The maximum atomic E-state index is 12.3. The molecule has 1 N–H and O–H groups in total. The second kappa shape index (κ2) is 8.60. The minimum Gasteiger partial charge on any atom is -0.441 e. The summed E-state index contributed by atoms with van der Waals surface area (Å²) in [5, 5.41) is 2.79. The number of rotatable bonds is 7. The number of hydrogen-bond acceptors (Lipinski definition) is 5. The summed E-state index contributed by atoms with van der Waals surface area (Å²) in [6, 6.07) is 7.87. The predicted molar refractivity (Wildman–Crippen MR) is 100 cm³/mol. The van der Waals surface area contributed by atoms with Crippen LogP contribution in [0.4, 0.5) is 0 Å². The van der Waals surface area contributed by atoms with Crippen LogP contribution in [-0.4, -0.2) is 40.1 Å². The number of carbonyl (C=O) groups excluding carboxylic acids is 1. The van der Waals surface area contributed by atoms with Crippen molar-refractivity contribution >= 4 is 16.7 Å². The maximum Gasteiger partial charge on any atom is 0.232 e. The molecule has 2 heterocycles. The Kier molecular flexibility index (Phi) is 6.21. The number of aromatic nitrogens is 1. The van der Waals surface area contributed by atoms with Crippen LogP contribution in [0.1, 0.15) is 29.9 Å². The van der Waals surface area contributed by atoms with Crippen molar-refractivity contribution in [2.24, 2.45) is 0 Å². The number of hydrogen-bond donors (Lipinski definition) is 1. The van der Waals surface area contributed by atoms with Gasteiger partial charge in [-0.25, -0.2) is 4.98 Å². The van der Waals surface area contributed by atoms with Crippen molar-refractivity contribution in [2.75, 3.05) is 18.9 Å². The van der Waals surface area contributed by atoms with Crippen LogP contribution in [0.3, 0.4) is 0 Å². The molecule has 26 heavy (non-hydrogen) atoms. The molecule has 0 unspecified atom stereocenters. The zero-order valence-corrected chi connectivity index (χ0v) is 15.9. The highest BCUT2D eigenvalue weighted by molar-refractivity contribution is 7.84. The molecule has 0 saturated carbocycles. The monoisotopic (exact) mass is 376 g/mol. The Balaban J connectivity index is 1.54. The van der Waals surface area contributed by atoms with Crippen molar-refractivity contribution in [1.82, 2.24) is 10.3 Å². The van der Waals surface area contributed by atoms with Gasteiger partial charge < -0.3 is 14.5 Å². The molecule has 140 valence electrons. The van der Waals surface area contributed by atoms with Gasteiger partial charge in [-0.05, 0) is 38.8 Å². The van der Waals surface area contributed by atoms with Gasteiger partial charge >= 0.3 is 0 Å². The molecule has 1 aliphatic rings. The summed E-state index contributed by atoms with van der Waals surface area (Å²) < 4.78 is 23.5. The van der Waals surface area contributed by atoms with Gasteiger partial charge in [0.15, 0.2) is 0 Å². The summed E-state index contributed by atoms with van der Waals surface area (Å²) in [4.78, 5) is 16.4. The number of carbonyl (C=O) groups is 1. The van der Waals surface area contributed by atoms with E-state index in [4.69, 9.17) is 9.15 Å². The second-order valence-electron chi connectivity index (χ2n) is 6.56.